The molecule has 0 bridgehead atoms. The van der Waals surface area contributed by atoms with Gasteiger partial charge in [0.15, 0.2) is 0 Å². The van der Waals surface area contributed by atoms with Gasteiger partial charge in [-0.2, -0.15) is 13.2 Å². The van der Waals surface area contributed by atoms with Crippen LogP contribution in [-0.4, -0.2) is 37.1 Å². The van der Waals surface area contributed by atoms with Crippen LogP contribution in [0.5, 0.6) is 0 Å². The molecule has 1 aliphatic heterocycles. The second-order valence-electron chi connectivity index (χ2n) is 7.21. The van der Waals surface area contributed by atoms with Crippen molar-refractivity contribution in [3.63, 3.8) is 0 Å². The highest BCUT2D eigenvalue weighted by Crippen LogP contribution is 2.58. The smallest absolute Gasteiger partial charge is 0.398 e. The molecular formula is C19H24F3N3O. The van der Waals surface area contributed by atoms with E-state index in [2.05, 4.69) is 5.32 Å². The first-order chi connectivity index (χ1) is 12.3. The third-order valence-electron chi connectivity index (χ3n) is 5.42. The third kappa shape index (κ3) is 3.52. The number of hydrogen-bond donors (Lipinski definition) is 2. The Hall–Kier alpha value is -2.18. The number of benzene rings is 1. The minimum Gasteiger partial charge on any atom is -0.401 e. The Morgan fingerprint density at radius 1 is 1.27 bits per heavy atom. The van der Waals surface area contributed by atoms with Gasteiger partial charge in [-0.05, 0) is 30.4 Å². The van der Waals surface area contributed by atoms with Crippen molar-refractivity contribution in [1.29, 1.82) is 0 Å². The third-order valence-corrected chi connectivity index (χ3v) is 5.42. The summed E-state index contributed by atoms with van der Waals surface area (Å²) in [5.74, 6) is 0.249. The minimum absolute atomic E-state index is 0.0549. The van der Waals surface area contributed by atoms with E-state index >= 15 is 0 Å². The molecule has 26 heavy (non-hydrogen) atoms. The first-order valence-corrected chi connectivity index (χ1v) is 8.83. The van der Waals surface area contributed by atoms with Gasteiger partial charge in [0.1, 0.15) is 0 Å². The zero-order chi connectivity index (χ0) is 18.9. The predicted molar refractivity (Wildman–Crippen MR) is 93.3 cm³/mol. The molecule has 7 heteroatoms. The SMILES string of the molecule is CN/C=C(\N)CCC(=O)N1CC(c2ccc(C3(C(F)(F)F)CC3)cc2)C1. The van der Waals surface area contributed by atoms with Crippen LogP contribution in [0.25, 0.3) is 0 Å². The number of likely N-dealkylation sites (tertiary alicyclic amines) is 1. The number of halogens is 3. The zero-order valence-corrected chi connectivity index (χ0v) is 14.8. The Balaban J connectivity index is 1.52. The highest BCUT2D eigenvalue weighted by molar-refractivity contribution is 5.77. The molecule has 2 fully saturated rings. The summed E-state index contributed by atoms with van der Waals surface area (Å²) in [6.45, 7) is 1.22. The molecule has 1 aromatic carbocycles. The highest BCUT2D eigenvalue weighted by atomic mass is 19.4. The second kappa shape index (κ2) is 6.85. The zero-order valence-electron chi connectivity index (χ0n) is 14.8. The summed E-state index contributed by atoms with van der Waals surface area (Å²) in [5.41, 5.74) is 6.09. The van der Waals surface area contributed by atoms with Crippen LogP contribution < -0.4 is 11.1 Å². The maximum atomic E-state index is 13.2. The summed E-state index contributed by atoms with van der Waals surface area (Å²) in [6.07, 6.45) is -1.29. The van der Waals surface area contributed by atoms with E-state index in [1.165, 1.54) is 0 Å². The molecule has 0 radical (unpaired) electrons. The van der Waals surface area contributed by atoms with E-state index in [9.17, 15) is 18.0 Å². The highest BCUT2D eigenvalue weighted by Gasteiger charge is 2.64. The summed E-state index contributed by atoms with van der Waals surface area (Å²) in [4.78, 5) is 13.9. The van der Waals surface area contributed by atoms with Crippen LogP contribution in [0.3, 0.4) is 0 Å². The molecular weight excluding hydrogens is 343 g/mol. The Kier molecular flexibility index (Phi) is 4.90. The molecule has 142 valence electrons. The quantitative estimate of drug-likeness (QED) is 0.813. The van der Waals surface area contributed by atoms with Crippen LogP contribution in [-0.2, 0) is 10.2 Å². The topological polar surface area (TPSA) is 58.4 Å². The second-order valence-corrected chi connectivity index (χ2v) is 7.21. The summed E-state index contributed by atoms with van der Waals surface area (Å²) in [5, 5.41) is 2.82. The summed E-state index contributed by atoms with van der Waals surface area (Å²) < 4.78 is 39.5. The molecule has 1 amide bonds. The van der Waals surface area contributed by atoms with Crippen LogP contribution in [0.15, 0.2) is 36.2 Å². The van der Waals surface area contributed by atoms with E-state index in [1.54, 1.807) is 42.4 Å². The van der Waals surface area contributed by atoms with Gasteiger partial charge in [-0.3, -0.25) is 4.79 Å². The lowest BCUT2D eigenvalue weighted by atomic mass is 9.88. The van der Waals surface area contributed by atoms with Gasteiger partial charge in [0.2, 0.25) is 5.91 Å². The molecule has 4 nitrogen and oxygen atoms in total. The summed E-state index contributed by atoms with van der Waals surface area (Å²) in [7, 11) is 1.75. The molecule has 2 aliphatic rings. The van der Waals surface area contributed by atoms with Crippen molar-refractivity contribution < 1.29 is 18.0 Å². The van der Waals surface area contributed by atoms with Gasteiger partial charge in [-0.15, -0.1) is 0 Å². The number of carbonyl (C=O) groups excluding carboxylic acids is 1. The van der Waals surface area contributed by atoms with Gasteiger partial charge in [-0.1, -0.05) is 24.3 Å². The molecule has 1 heterocycles. The number of carbonyl (C=O) groups is 1. The lowest BCUT2D eigenvalue weighted by molar-refractivity contribution is -0.160. The number of nitrogens with one attached hydrogen (secondary N) is 1. The normalized spacial score (nSPS) is 19.8. The van der Waals surface area contributed by atoms with Crippen LogP contribution >= 0.6 is 0 Å². The number of nitrogens with two attached hydrogens (primary N) is 1. The molecule has 1 saturated carbocycles. The summed E-state index contributed by atoms with van der Waals surface area (Å²) in [6, 6.07) is 6.76. The number of alkyl halides is 3. The number of amides is 1. The minimum atomic E-state index is -4.18. The Morgan fingerprint density at radius 2 is 1.88 bits per heavy atom. The fourth-order valence-corrected chi connectivity index (χ4v) is 3.50. The van der Waals surface area contributed by atoms with Gasteiger partial charge in [0.05, 0.1) is 5.41 Å². The molecule has 0 unspecified atom stereocenters. The molecule has 1 saturated heterocycles. The molecule has 1 aliphatic carbocycles. The van der Waals surface area contributed by atoms with Crippen LogP contribution in [0.2, 0.25) is 0 Å². The van der Waals surface area contributed by atoms with E-state index in [0.717, 1.165) is 5.56 Å². The lowest BCUT2D eigenvalue weighted by Gasteiger charge is -2.40. The van der Waals surface area contributed by atoms with E-state index in [0.29, 0.717) is 37.2 Å². The van der Waals surface area contributed by atoms with E-state index < -0.39 is 11.6 Å². The number of nitrogens with zero attached hydrogens (tertiary/aromatic N) is 1. The van der Waals surface area contributed by atoms with Crippen molar-refractivity contribution in [2.75, 3.05) is 20.1 Å². The largest absolute Gasteiger partial charge is 0.401 e. The average molecular weight is 367 g/mol. The molecule has 0 atom stereocenters. The van der Waals surface area contributed by atoms with Crippen LogP contribution in [0, 0.1) is 0 Å². The maximum Gasteiger partial charge on any atom is 0.398 e. The van der Waals surface area contributed by atoms with Crippen LogP contribution in [0.1, 0.15) is 42.7 Å². The van der Waals surface area contributed by atoms with Gasteiger partial charge in [0.25, 0.3) is 0 Å². The monoisotopic (exact) mass is 367 g/mol. The molecule has 0 aromatic heterocycles. The van der Waals surface area contributed by atoms with E-state index in [-0.39, 0.29) is 24.7 Å². The summed E-state index contributed by atoms with van der Waals surface area (Å²) >= 11 is 0. The Morgan fingerprint density at radius 3 is 2.38 bits per heavy atom. The van der Waals surface area contributed by atoms with Gasteiger partial charge in [0, 0.05) is 44.4 Å². The van der Waals surface area contributed by atoms with Crippen molar-refractivity contribution in [1.82, 2.24) is 10.2 Å². The van der Waals surface area contributed by atoms with Crippen molar-refractivity contribution in [3.8, 4) is 0 Å². The number of hydrogen-bond acceptors (Lipinski definition) is 3. The number of allylic oxidation sites excluding steroid dienone is 1. The van der Waals surface area contributed by atoms with Gasteiger partial charge < -0.3 is 16.0 Å². The van der Waals surface area contributed by atoms with Crippen LogP contribution in [0.4, 0.5) is 13.2 Å². The molecule has 0 spiro atoms. The molecule has 3 rings (SSSR count). The van der Waals surface area contributed by atoms with Crippen molar-refractivity contribution in [3.05, 3.63) is 47.3 Å². The van der Waals surface area contributed by atoms with Crippen molar-refractivity contribution in [2.45, 2.75) is 43.2 Å². The Labute approximate surface area is 151 Å². The fourth-order valence-electron chi connectivity index (χ4n) is 3.50. The standard InChI is InChI=1S/C19H24F3N3O/c1-24-10-16(23)6-7-17(26)25-11-14(12-25)13-2-4-15(5-3-13)18(8-9-18)19(20,21)22/h2-5,10,14,24H,6-9,11-12,23H2,1H3/b16-10-. The van der Waals surface area contributed by atoms with Gasteiger partial charge in [-0.25, -0.2) is 0 Å². The first-order valence-electron chi connectivity index (χ1n) is 8.83. The average Bonchev–Trinajstić information content (AvgIpc) is 3.34. The van der Waals surface area contributed by atoms with E-state index in [4.69, 9.17) is 5.73 Å². The molecule has 1 aromatic rings. The Bertz CT molecular complexity index is 687. The van der Waals surface area contributed by atoms with Crippen molar-refractivity contribution >= 4 is 5.91 Å². The first kappa shape index (κ1) is 18.6. The van der Waals surface area contributed by atoms with E-state index in [1.807, 2.05) is 0 Å². The molecule has 3 N–H and O–H groups in total. The fraction of sp³-hybridized carbons (Fsp3) is 0.526. The number of rotatable bonds is 6. The lowest BCUT2D eigenvalue weighted by Crippen LogP contribution is -2.48. The van der Waals surface area contributed by atoms with Crippen molar-refractivity contribution in [2.24, 2.45) is 5.73 Å². The predicted octanol–water partition coefficient (Wildman–Crippen LogP) is 3.01. The van der Waals surface area contributed by atoms with Gasteiger partial charge >= 0.3 is 6.18 Å². The maximum absolute atomic E-state index is 13.2.